The summed E-state index contributed by atoms with van der Waals surface area (Å²) in [6.45, 7) is 6.71. The Morgan fingerprint density at radius 1 is 1.35 bits per heavy atom. The van der Waals surface area contributed by atoms with E-state index in [9.17, 15) is 9.59 Å². The normalized spacial score (nSPS) is 17.6. The first-order valence-electron chi connectivity index (χ1n) is 8.77. The SMILES string of the molecule is COc1ccc(CC(=O)N2CCC[C@H](NC(=O)OC(C)(C)C)C2)cc1Br. The van der Waals surface area contributed by atoms with Gasteiger partial charge in [-0.25, -0.2) is 4.79 Å². The van der Waals surface area contributed by atoms with Crippen molar-refractivity contribution >= 4 is 27.9 Å². The van der Waals surface area contributed by atoms with Crippen LogP contribution in [0.5, 0.6) is 5.75 Å². The van der Waals surface area contributed by atoms with Crippen LogP contribution in [0.2, 0.25) is 0 Å². The molecule has 7 heteroatoms. The highest BCUT2D eigenvalue weighted by Crippen LogP contribution is 2.26. The van der Waals surface area contributed by atoms with E-state index in [4.69, 9.17) is 9.47 Å². The van der Waals surface area contributed by atoms with Crippen LogP contribution in [-0.2, 0) is 16.0 Å². The van der Waals surface area contributed by atoms with Crippen molar-refractivity contribution in [2.45, 2.75) is 51.7 Å². The van der Waals surface area contributed by atoms with Gasteiger partial charge in [0.25, 0.3) is 0 Å². The molecular formula is C19H27BrN2O4. The highest BCUT2D eigenvalue weighted by Gasteiger charge is 2.26. The molecule has 0 bridgehead atoms. The maximum Gasteiger partial charge on any atom is 0.407 e. The van der Waals surface area contributed by atoms with Gasteiger partial charge in [-0.1, -0.05) is 6.07 Å². The Balaban J connectivity index is 1.91. The number of halogens is 1. The lowest BCUT2D eigenvalue weighted by atomic mass is 10.0. The number of nitrogens with one attached hydrogen (secondary N) is 1. The van der Waals surface area contributed by atoms with Gasteiger partial charge in [0.05, 0.1) is 18.0 Å². The number of piperidine rings is 1. The number of hydrogen-bond donors (Lipinski definition) is 1. The molecule has 1 aromatic rings. The molecule has 0 spiro atoms. The van der Waals surface area contributed by atoms with Crippen molar-refractivity contribution in [2.75, 3.05) is 20.2 Å². The maximum atomic E-state index is 12.6. The van der Waals surface area contributed by atoms with E-state index in [0.717, 1.165) is 28.6 Å². The standard InChI is InChI=1S/C19H27BrN2O4/c1-19(2,3)26-18(24)21-14-6-5-9-22(12-14)17(23)11-13-7-8-16(25-4)15(20)10-13/h7-8,10,14H,5-6,9,11-12H2,1-4H3,(H,21,24)/t14-/m0/s1. The first-order valence-corrected chi connectivity index (χ1v) is 9.57. The Hall–Kier alpha value is -1.76. The Morgan fingerprint density at radius 3 is 2.69 bits per heavy atom. The van der Waals surface area contributed by atoms with Crippen molar-refractivity contribution in [2.24, 2.45) is 0 Å². The highest BCUT2D eigenvalue weighted by atomic mass is 79.9. The van der Waals surface area contributed by atoms with E-state index in [1.54, 1.807) is 7.11 Å². The number of hydrogen-bond acceptors (Lipinski definition) is 4. The number of likely N-dealkylation sites (tertiary alicyclic amines) is 1. The van der Waals surface area contributed by atoms with Crippen LogP contribution in [0, 0.1) is 0 Å². The lowest BCUT2D eigenvalue weighted by Gasteiger charge is -2.33. The minimum absolute atomic E-state index is 0.0535. The largest absolute Gasteiger partial charge is 0.496 e. The average Bonchev–Trinajstić information content (AvgIpc) is 2.53. The summed E-state index contributed by atoms with van der Waals surface area (Å²) in [6.07, 6.45) is 1.59. The molecule has 26 heavy (non-hydrogen) atoms. The van der Waals surface area contributed by atoms with Crippen LogP contribution < -0.4 is 10.1 Å². The van der Waals surface area contributed by atoms with Crippen molar-refractivity contribution in [3.63, 3.8) is 0 Å². The van der Waals surface area contributed by atoms with Gasteiger partial charge in [-0.2, -0.15) is 0 Å². The summed E-state index contributed by atoms with van der Waals surface area (Å²) in [5.74, 6) is 0.790. The van der Waals surface area contributed by atoms with E-state index in [1.807, 2.05) is 43.9 Å². The van der Waals surface area contributed by atoms with Gasteiger partial charge in [0.15, 0.2) is 0 Å². The molecule has 1 N–H and O–H groups in total. The van der Waals surface area contributed by atoms with Crippen LogP contribution in [0.15, 0.2) is 22.7 Å². The molecule has 6 nitrogen and oxygen atoms in total. The number of methoxy groups -OCH3 is 1. The molecule has 1 aromatic carbocycles. The molecule has 1 saturated heterocycles. The molecule has 1 heterocycles. The van der Waals surface area contributed by atoms with Crippen LogP contribution >= 0.6 is 15.9 Å². The quantitative estimate of drug-likeness (QED) is 0.799. The van der Waals surface area contributed by atoms with Gasteiger partial charge in [0, 0.05) is 19.1 Å². The molecule has 0 aliphatic carbocycles. The molecule has 1 atom stereocenters. The van der Waals surface area contributed by atoms with Gasteiger partial charge in [-0.3, -0.25) is 4.79 Å². The number of alkyl carbamates (subject to hydrolysis) is 1. The highest BCUT2D eigenvalue weighted by molar-refractivity contribution is 9.10. The predicted molar refractivity (Wildman–Crippen MR) is 103 cm³/mol. The number of amides is 2. The minimum Gasteiger partial charge on any atom is -0.496 e. The smallest absolute Gasteiger partial charge is 0.407 e. The summed E-state index contributed by atoms with van der Waals surface area (Å²) in [6, 6.07) is 5.56. The molecule has 0 radical (unpaired) electrons. The molecule has 0 aromatic heterocycles. The Kier molecular flexibility index (Phi) is 6.92. The van der Waals surface area contributed by atoms with Crippen molar-refractivity contribution in [3.8, 4) is 5.75 Å². The predicted octanol–water partition coefficient (Wildman–Crippen LogP) is 3.52. The van der Waals surface area contributed by atoms with Gasteiger partial charge in [0.1, 0.15) is 11.4 Å². The summed E-state index contributed by atoms with van der Waals surface area (Å²) in [5, 5.41) is 2.87. The van der Waals surface area contributed by atoms with Crippen LogP contribution in [0.25, 0.3) is 0 Å². The fourth-order valence-electron chi connectivity index (χ4n) is 2.90. The fraction of sp³-hybridized carbons (Fsp3) is 0.579. The zero-order valence-electron chi connectivity index (χ0n) is 15.8. The van der Waals surface area contributed by atoms with E-state index in [-0.39, 0.29) is 11.9 Å². The van der Waals surface area contributed by atoms with E-state index >= 15 is 0 Å². The Morgan fingerprint density at radius 2 is 2.08 bits per heavy atom. The summed E-state index contributed by atoms with van der Waals surface area (Å²) < 4.78 is 11.3. The first-order chi connectivity index (χ1) is 12.2. The van der Waals surface area contributed by atoms with Gasteiger partial charge < -0.3 is 19.7 Å². The van der Waals surface area contributed by atoms with Crippen LogP contribution in [-0.4, -0.2) is 48.7 Å². The van der Waals surface area contributed by atoms with E-state index < -0.39 is 11.7 Å². The molecule has 1 fully saturated rings. The molecule has 2 amide bonds. The van der Waals surface area contributed by atoms with Crippen molar-refractivity contribution in [3.05, 3.63) is 28.2 Å². The second kappa shape index (κ2) is 8.75. The molecule has 144 valence electrons. The second-order valence-electron chi connectivity index (χ2n) is 7.47. The minimum atomic E-state index is -0.532. The van der Waals surface area contributed by atoms with Crippen molar-refractivity contribution in [1.29, 1.82) is 0 Å². The number of carbonyl (C=O) groups is 2. The number of ether oxygens (including phenoxy) is 2. The van der Waals surface area contributed by atoms with Gasteiger partial charge >= 0.3 is 6.09 Å². The summed E-state index contributed by atoms with van der Waals surface area (Å²) in [5.41, 5.74) is 0.389. The number of rotatable bonds is 4. The monoisotopic (exact) mass is 426 g/mol. The third-order valence-corrected chi connectivity index (χ3v) is 4.69. The summed E-state index contributed by atoms with van der Waals surface area (Å²) in [4.78, 5) is 26.4. The fourth-order valence-corrected chi connectivity index (χ4v) is 3.49. The number of nitrogens with zero attached hydrogens (tertiary/aromatic N) is 1. The zero-order chi connectivity index (χ0) is 19.3. The summed E-state index contributed by atoms with van der Waals surface area (Å²) in [7, 11) is 1.61. The van der Waals surface area contributed by atoms with Gasteiger partial charge in [-0.15, -0.1) is 0 Å². The third-order valence-electron chi connectivity index (χ3n) is 4.07. The topological polar surface area (TPSA) is 67.9 Å². The average molecular weight is 427 g/mol. The lowest BCUT2D eigenvalue weighted by molar-refractivity contribution is -0.131. The Bertz CT molecular complexity index is 657. The van der Waals surface area contributed by atoms with E-state index in [2.05, 4.69) is 21.2 Å². The lowest BCUT2D eigenvalue weighted by Crippen LogP contribution is -2.50. The first kappa shape index (κ1) is 20.6. The van der Waals surface area contributed by atoms with E-state index in [0.29, 0.717) is 19.5 Å². The second-order valence-corrected chi connectivity index (χ2v) is 8.33. The van der Waals surface area contributed by atoms with Gasteiger partial charge in [0.2, 0.25) is 5.91 Å². The molecule has 1 aliphatic heterocycles. The molecule has 0 unspecified atom stereocenters. The molecule has 2 rings (SSSR count). The molecule has 1 aliphatic rings. The maximum absolute atomic E-state index is 12.6. The van der Waals surface area contributed by atoms with E-state index in [1.165, 1.54) is 0 Å². The van der Waals surface area contributed by atoms with Crippen LogP contribution in [0.4, 0.5) is 4.79 Å². The third kappa shape index (κ3) is 6.20. The molecule has 0 saturated carbocycles. The van der Waals surface area contributed by atoms with Gasteiger partial charge in [-0.05, 0) is 67.2 Å². The van der Waals surface area contributed by atoms with Crippen molar-refractivity contribution in [1.82, 2.24) is 10.2 Å². The number of carbonyl (C=O) groups excluding carboxylic acids is 2. The molecular weight excluding hydrogens is 400 g/mol. The zero-order valence-corrected chi connectivity index (χ0v) is 17.4. The Labute approximate surface area is 163 Å². The summed E-state index contributed by atoms with van der Waals surface area (Å²) >= 11 is 3.44. The number of benzene rings is 1. The van der Waals surface area contributed by atoms with Crippen LogP contribution in [0.3, 0.4) is 0 Å². The van der Waals surface area contributed by atoms with Crippen molar-refractivity contribution < 1.29 is 19.1 Å². The van der Waals surface area contributed by atoms with Crippen LogP contribution in [0.1, 0.15) is 39.2 Å².